The highest BCUT2D eigenvalue weighted by Crippen LogP contribution is 2.41. The summed E-state index contributed by atoms with van der Waals surface area (Å²) in [6.45, 7) is 3.67. The largest absolute Gasteiger partial charge is 0.359 e. The molecule has 0 amide bonds. The lowest BCUT2D eigenvalue weighted by Crippen LogP contribution is -2.23. The zero-order chi connectivity index (χ0) is 17.3. The number of likely N-dealkylation sites (N-methyl/N-ethyl adjacent to an activating group) is 1. The van der Waals surface area contributed by atoms with Gasteiger partial charge in [0.1, 0.15) is 11.2 Å². The lowest BCUT2D eigenvalue weighted by atomic mass is 10.2. The molecule has 5 nitrogen and oxygen atoms in total. The average Bonchev–Trinajstić information content (AvgIpc) is 2.86. The number of aldehydes is 1. The Morgan fingerprint density at radius 1 is 1.33 bits per heavy atom. The number of nitrogens with one attached hydrogen (secondary N) is 1. The average molecular weight is 344 g/mol. The van der Waals surface area contributed by atoms with Crippen LogP contribution in [0.4, 0.5) is 16.0 Å². The second-order valence-corrected chi connectivity index (χ2v) is 6.65. The van der Waals surface area contributed by atoms with E-state index in [2.05, 4.69) is 15.3 Å². The zero-order valence-corrected chi connectivity index (χ0v) is 14.4. The van der Waals surface area contributed by atoms with E-state index in [1.54, 1.807) is 25.3 Å². The number of allylic oxidation sites excluding steroid dienone is 1. The molecule has 1 aliphatic rings. The molecule has 0 saturated heterocycles. The number of anilines is 2. The Labute approximate surface area is 144 Å². The third-order valence-corrected chi connectivity index (χ3v) is 5.31. The van der Waals surface area contributed by atoms with Crippen molar-refractivity contribution < 1.29 is 9.18 Å². The summed E-state index contributed by atoms with van der Waals surface area (Å²) in [5.41, 5.74) is 3.03. The summed E-state index contributed by atoms with van der Waals surface area (Å²) < 4.78 is 13.4. The van der Waals surface area contributed by atoms with Crippen LogP contribution in [0.15, 0.2) is 36.2 Å². The van der Waals surface area contributed by atoms with E-state index in [0.29, 0.717) is 11.5 Å². The van der Waals surface area contributed by atoms with Crippen LogP contribution in [0.2, 0.25) is 0 Å². The number of carbonyl (C=O) groups is 1. The highest BCUT2D eigenvalue weighted by molar-refractivity contribution is 8.09. The van der Waals surface area contributed by atoms with Crippen LogP contribution in [-0.4, -0.2) is 33.6 Å². The molecule has 1 N–H and O–H groups in total. The van der Waals surface area contributed by atoms with Gasteiger partial charge in [-0.1, -0.05) is 11.8 Å². The number of thioether (sulfide) groups is 1. The number of carbonyl (C=O) groups excluding carboxylic acids is 1. The topological polar surface area (TPSA) is 58.1 Å². The maximum Gasteiger partial charge on any atom is 0.227 e. The van der Waals surface area contributed by atoms with Gasteiger partial charge in [-0.25, -0.2) is 14.4 Å². The van der Waals surface area contributed by atoms with Crippen molar-refractivity contribution in [2.24, 2.45) is 0 Å². The number of nitrogens with zero attached hydrogens (tertiary/aromatic N) is 3. The SMILES string of the molecule is CC1=C(c2ccnc(Nc3ccc(F)c(C)c3)n2)SC(C=O)N1C. The standard InChI is InChI=1S/C17H17FN4OS/c1-10-8-12(4-5-13(10)18)20-17-19-7-6-14(21-17)16-11(2)22(3)15(9-23)24-16/h4-9,15H,1-3H3,(H,19,20,21). The molecule has 1 aromatic carbocycles. The molecular weight excluding hydrogens is 327 g/mol. The second-order valence-electron chi connectivity index (χ2n) is 5.52. The quantitative estimate of drug-likeness (QED) is 0.856. The number of rotatable bonds is 4. The third-order valence-electron chi connectivity index (χ3n) is 3.90. The van der Waals surface area contributed by atoms with Gasteiger partial charge in [0.15, 0.2) is 6.29 Å². The van der Waals surface area contributed by atoms with Crippen molar-refractivity contribution in [3.63, 3.8) is 0 Å². The summed E-state index contributed by atoms with van der Waals surface area (Å²) in [5.74, 6) is 0.179. The monoisotopic (exact) mass is 344 g/mol. The van der Waals surface area contributed by atoms with Crippen molar-refractivity contribution in [1.82, 2.24) is 14.9 Å². The Hall–Kier alpha value is -2.41. The first kappa shape index (κ1) is 16.4. The van der Waals surface area contributed by atoms with Gasteiger partial charge in [0.05, 0.1) is 10.6 Å². The van der Waals surface area contributed by atoms with E-state index in [-0.39, 0.29) is 11.2 Å². The summed E-state index contributed by atoms with van der Waals surface area (Å²) >= 11 is 1.47. The summed E-state index contributed by atoms with van der Waals surface area (Å²) in [5, 5.41) is 2.85. The minimum absolute atomic E-state index is 0.230. The van der Waals surface area contributed by atoms with Gasteiger partial charge < -0.3 is 15.0 Å². The molecule has 3 rings (SSSR count). The minimum Gasteiger partial charge on any atom is -0.359 e. The molecule has 0 bridgehead atoms. The number of halogens is 1. The molecule has 2 heterocycles. The van der Waals surface area contributed by atoms with Gasteiger partial charge in [0.2, 0.25) is 5.95 Å². The van der Waals surface area contributed by atoms with E-state index in [1.165, 1.54) is 17.8 Å². The molecule has 0 fully saturated rings. The fourth-order valence-corrected chi connectivity index (χ4v) is 3.56. The van der Waals surface area contributed by atoms with Crippen LogP contribution >= 0.6 is 11.8 Å². The van der Waals surface area contributed by atoms with Crippen molar-refractivity contribution in [2.45, 2.75) is 19.2 Å². The maximum atomic E-state index is 13.4. The van der Waals surface area contributed by atoms with Crippen LogP contribution in [0.1, 0.15) is 18.2 Å². The first-order valence-electron chi connectivity index (χ1n) is 7.42. The first-order valence-corrected chi connectivity index (χ1v) is 8.30. The Balaban J connectivity index is 1.87. The predicted octanol–water partition coefficient (Wildman–Crippen LogP) is 3.56. The molecular formula is C17H17FN4OS. The summed E-state index contributed by atoms with van der Waals surface area (Å²) in [4.78, 5) is 22.7. The minimum atomic E-state index is -0.249. The Morgan fingerprint density at radius 2 is 2.12 bits per heavy atom. The van der Waals surface area contributed by atoms with E-state index >= 15 is 0 Å². The molecule has 1 unspecified atom stereocenters. The molecule has 0 aliphatic carbocycles. The number of hydrogen-bond donors (Lipinski definition) is 1. The van der Waals surface area contributed by atoms with Gasteiger partial charge in [-0.15, -0.1) is 0 Å². The van der Waals surface area contributed by atoms with Crippen LogP contribution in [0.25, 0.3) is 4.91 Å². The molecule has 1 aliphatic heterocycles. The lowest BCUT2D eigenvalue weighted by Gasteiger charge is -2.16. The Morgan fingerprint density at radius 3 is 2.79 bits per heavy atom. The number of aromatic nitrogens is 2. The van der Waals surface area contributed by atoms with Crippen molar-refractivity contribution in [2.75, 3.05) is 12.4 Å². The van der Waals surface area contributed by atoms with Gasteiger partial charge in [0, 0.05) is 24.6 Å². The molecule has 0 radical (unpaired) electrons. The van der Waals surface area contributed by atoms with E-state index < -0.39 is 0 Å². The fraction of sp³-hybridized carbons (Fsp3) is 0.235. The van der Waals surface area contributed by atoms with Crippen LogP contribution in [-0.2, 0) is 4.79 Å². The predicted molar refractivity (Wildman–Crippen MR) is 94.3 cm³/mol. The van der Waals surface area contributed by atoms with Crippen LogP contribution in [0.3, 0.4) is 0 Å². The Kier molecular flexibility index (Phi) is 4.53. The van der Waals surface area contributed by atoms with Gasteiger partial charge >= 0.3 is 0 Å². The third kappa shape index (κ3) is 3.12. The summed E-state index contributed by atoms with van der Waals surface area (Å²) in [7, 11) is 1.88. The van der Waals surface area contributed by atoms with Gasteiger partial charge in [-0.2, -0.15) is 0 Å². The van der Waals surface area contributed by atoms with Crippen molar-refractivity contribution in [3.05, 3.63) is 53.2 Å². The normalized spacial score (nSPS) is 17.3. The lowest BCUT2D eigenvalue weighted by molar-refractivity contribution is -0.109. The van der Waals surface area contributed by atoms with E-state index in [4.69, 9.17) is 0 Å². The molecule has 2 aromatic rings. The summed E-state index contributed by atoms with van der Waals surface area (Å²) in [6.07, 6.45) is 2.58. The van der Waals surface area contributed by atoms with Crippen molar-refractivity contribution >= 4 is 34.6 Å². The Bertz CT molecular complexity index is 824. The van der Waals surface area contributed by atoms with Gasteiger partial charge in [-0.3, -0.25) is 0 Å². The van der Waals surface area contributed by atoms with Crippen molar-refractivity contribution in [3.8, 4) is 0 Å². The van der Waals surface area contributed by atoms with E-state index in [0.717, 1.165) is 28.3 Å². The highest BCUT2D eigenvalue weighted by atomic mass is 32.2. The first-order chi connectivity index (χ1) is 11.5. The van der Waals surface area contributed by atoms with Crippen LogP contribution in [0, 0.1) is 12.7 Å². The number of benzene rings is 1. The molecule has 0 spiro atoms. The van der Waals surface area contributed by atoms with E-state index in [9.17, 15) is 9.18 Å². The molecule has 24 heavy (non-hydrogen) atoms. The van der Waals surface area contributed by atoms with Gasteiger partial charge in [-0.05, 0) is 43.7 Å². The van der Waals surface area contributed by atoms with Gasteiger partial charge in [0.25, 0.3) is 0 Å². The van der Waals surface area contributed by atoms with Crippen LogP contribution < -0.4 is 5.32 Å². The van der Waals surface area contributed by atoms with E-state index in [1.807, 2.05) is 24.9 Å². The van der Waals surface area contributed by atoms with Crippen molar-refractivity contribution in [1.29, 1.82) is 0 Å². The maximum absolute atomic E-state index is 13.4. The molecule has 1 aromatic heterocycles. The second kappa shape index (κ2) is 6.60. The smallest absolute Gasteiger partial charge is 0.227 e. The van der Waals surface area contributed by atoms with Crippen LogP contribution in [0.5, 0.6) is 0 Å². The molecule has 124 valence electrons. The zero-order valence-electron chi connectivity index (χ0n) is 13.6. The molecule has 7 heteroatoms. The number of hydrogen-bond acceptors (Lipinski definition) is 6. The molecule has 0 saturated carbocycles. The summed E-state index contributed by atoms with van der Waals surface area (Å²) in [6, 6.07) is 6.57. The molecule has 1 atom stereocenters. The number of aryl methyl sites for hydroxylation is 1. The highest BCUT2D eigenvalue weighted by Gasteiger charge is 2.28. The fourth-order valence-electron chi connectivity index (χ4n) is 2.40.